The van der Waals surface area contributed by atoms with E-state index in [4.69, 9.17) is 9.73 Å². The zero-order valence-electron chi connectivity index (χ0n) is 19.7. The summed E-state index contributed by atoms with van der Waals surface area (Å²) in [5, 5.41) is 0. The van der Waals surface area contributed by atoms with Crippen LogP contribution in [0.4, 0.5) is 0 Å². The molecule has 1 aromatic heterocycles. The van der Waals surface area contributed by atoms with Crippen LogP contribution in [0.3, 0.4) is 0 Å². The van der Waals surface area contributed by atoms with E-state index in [1.807, 2.05) is 22.8 Å². The fourth-order valence-electron chi connectivity index (χ4n) is 5.08. The van der Waals surface area contributed by atoms with Crippen molar-refractivity contribution in [2.24, 2.45) is 4.99 Å². The van der Waals surface area contributed by atoms with E-state index in [1.54, 1.807) is 7.11 Å². The highest BCUT2D eigenvalue weighted by Crippen LogP contribution is 2.41. The minimum absolute atomic E-state index is 0.0159. The molecule has 2 aliphatic rings. The number of aryl methyl sites for hydroxylation is 2. The summed E-state index contributed by atoms with van der Waals surface area (Å²) in [5.74, 6) is 0.722. The highest BCUT2D eigenvalue weighted by atomic mass is 79.9. The summed E-state index contributed by atoms with van der Waals surface area (Å²) >= 11 is 8.58. The topological polar surface area (TPSA) is 43.6 Å². The third-order valence-electron chi connectivity index (χ3n) is 6.79. The van der Waals surface area contributed by atoms with Gasteiger partial charge in [0.2, 0.25) is 0 Å². The Bertz CT molecular complexity index is 1710. The van der Waals surface area contributed by atoms with Crippen molar-refractivity contribution in [3.63, 3.8) is 0 Å². The maximum Gasteiger partial charge on any atom is 0.271 e. The standard InChI is InChI=1S/C29H22Br2N2O2S/c1-16-7-9-19(10-8-16)26-21-12-11-18-5-3-4-6-20(18)25(21)32-29-33(26)28(34)24(36-29)15-17-13-22(30)27(35-2)23(31)14-17/h3-10,13-15,26H,11-12H2,1-2H3. The van der Waals surface area contributed by atoms with Gasteiger partial charge in [-0.25, -0.2) is 4.99 Å². The molecular formula is C29H22Br2N2O2S. The van der Waals surface area contributed by atoms with Crippen LogP contribution in [0.1, 0.15) is 40.3 Å². The summed E-state index contributed by atoms with van der Waals surface area (Å²) in [7, 11) is 1.63. The van der Waals surface area contributed by atoms with Gasteiger partial charge in [-0.1, -0.05) is 65.4 Å². The number of thiazole rings is 1. The zero-order chi connectivity index (χ0) is 25.0. The Morgan fingerprint density at radius 3 is 2.50 bits per heavy atom. The first-order valence-electron chi connectivity index (χ1n) is 11.7. The van der Waals surface area contributed by atoms with Crippen LogP contribution >= 0.6 is 43.2 Å². The minimum Gasteiger partial charge on any atom is -0.494 e. The van der Waals surface area contributed by atoms with Crippen molar-refractivity contribution in [2.75, 3.05) is 7.11 Å². The van der Waals surface area contributed by atoms with E-state index in [1.165, 1.54) is 33.6 Å². The van der Waals surface area contributed by atoms with Crippen LogP contribution in [-0.2, 0) is 6.42 Å². The average Bonchev–Trinajstić information content (AvgIpc) is 3.17. The van der Waals surface area contributed by atoms with E-state index in [2.05, 4.69) is 87.3 Å². The van der Waals surface area contributed by atoms with E-state index in [-0.39, 0.29) is 11.6 Å². The monoisotopic (exact) mass is 620 g/mol. The number of fused-ring (bicyclic) bond motifs is 3. The fraction of sp³-hybridized carbons (Fsp3) is 0.172. The van der Waals surface area contributed by atoms with Crippen molar-refractivity contribution >= 4 is 55.0 Å². The molecule has 4 nitrogen and oxygen atoms in total. The third kappa shape index (κ3) is 3.94. The fourth-order valence-corrected chi connectivity index (χ4v) is 7.63. The van der Waals surface area contributed by atoms with Gasteiger partial charge in [-0.3, -0.25) is 9.36 Å². The summed E-state index contributed by atoms with van der Waals surface area (Å²) in [6, 6.07) is 20.8. The molecule has 7 heteroatoms. The summed E-state index contributed by atoms with van der Waals surface area (Å²) in [6.45, 7) is 2.09. The lowest BCUT2D eigenvalue weighted by Crippen LogP contribution is -2.38. The number of benzene rings is 3. The number of ether oxygens (including phenoxy) is 1. The van der Waals surface area contributed by atoms with Crippen molar-refractivity contribution in [3.05, 3.63) is 123 Å². The SMILES string of the molecule is COc1c(Br)cc(C=c2sc3n(c2=O)C(c2ccc(C)cc2)C2=C(N=3)c3ccccc3CC2)cc1Br. The van der Waals surface area contributed by atoms with Gasteiger partial charge in [0.05, 0.1) is 32.3 Å². The van der Waals surface area contributed by atoms with Crippen LogP contribution in [0.2, 0.25) is 0 Å². The molecule has 0 radical (unpaired) electrons. The zero-order valence-corrected chi connectivity index (χ0v) is 23.7. The Kier molecular flexibility index (Phi) is 6.10. The minimum atomic E-state index is -0.165. The molecular weight excluding hydrogens is 600 g/mol. The molecule has 0 spiro atoms. The molecule has 1 aliphatic carbocycles. The second kappa shape index (κ2) is 9.29. The van der Waals surface area contributed by atoms with Crippen LogP contribution in [0, 0.1) is 6.92 Å². The lowest BCUT2D eigenvalue weighted by atomic mass is 9.83. The Morgan fingerprint density at radius 1 is 1.06 bits per heavy atom. The molecule has 0 N–H and O–H groups in total. The molecule has 3 aromatic carbocycles. The third-order valence-corrected chi connectivity index (χ3v) is 8.95. The molecule has 4 aromatic rings. The molecule has 0 fully saturated rings. The number of allylic oxidation sites excluding steroid dienone is 1. The Hall–Kier alpha value is -2.74. The molecule has 0 bridgehead atoms. The summed E-state index contributed by atoms with van der Waals surface area (Å²) < 4.78 is 9.62. The summed E-state index contributed by atoms with van der Waals surface area (Å²) in [5.41, 5.74) is 7.93. The van der Waals surface area contributed by atoms with Crippen molar-refractivity contribution in [2.45, 2.75) is 25.8 Å². The summed E-state index contributed by atoms with van der Waals surface area (Å²) in [6.07, 6.45) is 3.77. The quantitative estimate of drug-likeness (QED) is 0.275. The highest BCUT2D eigenvalue weighted by Gasteiger charge is 2.32. The first-order chi connectivity index (χ1) is 17.4. The molecule has 0 saturated carbocycles. The molecule has 0 amide bonds. The highest BCUT2D eigenvalue weighted by molar-refractivity contribution is 9.11. The van der Waals surface area contributed by atoms with Gasteiger partial charge in [-0.15, -0.1) is 0 Å². The Labute approximate surface area is 229 Å². The molecule has 0 saturated heterocycles. The Morgan fingerprint density at radius 2 is 1.78 bits per heavy atom. The normalized spacial score (nSPS) is 16.8. The van der Waals surface area contributed by atoms with Gasteiger partial charge in [0, 0.05) is 5.56 Å². The predicted octanol–water partition coefficient (Wildman–Crippen LogP) is 6.16. The van der Waals surface area contributed by atoms with Crippen molar-refractivity contribution in [1.82, 2.24) is 4.57 Å². The molecule has 1 atom stereocenters. The predicted molar refractivity (Wildman–Crippen MR) is 152 cm³/mol. The number of halogens is 2. The summed E-state index contributed by atoms with van der Waals surface area (Å²) in [4.78, 5) is 19.7. The maximum absolute atomic E-state index is 13.9. The van der Waals surface area contributed by atoms with Crippen LogP contribution < -0.4 is 19.6 Å². The van der Waals surface area contributed by atoms with Crippen molar-refractivity contribution < 1.29 is 4.74 Å². The van der Waals surface area contributed by atoms with Gasteiger partial charge in [-0.2, -0.15) is 0 Å². The number of hydrogen-bond acceptors (Lipinski definition) is 4. The lowest BCUT2D eigenvalue weighted by molar-refractivity contribution is 0.409. The smallest absolute Gasteiger partial charge is 0.271 e. The first kappa shape index (κ1) is 23.6. The molecule has 36 heavy (non-hydrogen) atoms. The number of hydrogen-bond donors (Lipinski definition) is 0. The number of methoxy groups -OCH3 is 1. The van der Waals surface area contributed by atoms with Gasteiger partial charge >= 0.3 is 0 Å². The second-order valence-corrected chi connectivity index (χ2v) is 11.8. The largest absolute Gasteiger partial charge is 0.494 e. The van der Waals surface area contributed by atoms with Gasteiger partial charge in [0.1, 0.15) is 5.75 Å². The van der Waals surface area contributed by atoms with Crippen LogP contribution in [-0.4, -0.2) is 11.7 Å². The van der Waals surface area contributed by atoms with E-state index in [0.717, 1.165) is 49.2 Å². The molecule has 6 rings (SSSR count). The number of aromatic nitrogens is 1. The Balaban J connectivity index is 1.60. The van der Waals surface area contributed by atoms with Gasteiger partial charge in [0.25, 0.3) is 5.56 Å². The van der Waals surface area contributed by atoms with Crippen molar-refractivity contribution in [3.8, 4) is 5.75 Å². The van der Waals surface area contributed by atoms with E-state index >= 15 is 0 Å². The molecule has 180 valence electrons. The van der Waals surface area contributed by atoms with E-state index in [0.29, 0.717) is 4.53 Å². The second-order valence-electron chi connectivity index (χ2n) is 9.04. The molecule has 1 unspecified atom stereocenters. The molecule has 2 heterocycles. The number of nitrogens with zero attached hydrogens (tertiary/aromatic N) is 2. The molecule has 1 aliphatic heterocycles. The lowest BCUT2D eigenvalue weighted by Gasteiger charge is -2.30. The van der Waals surface area contributed by atoms with E-state index < -0.39 is 0 Å². The van der Waals surface area contributed by atoms with Crippen LogP contribution in [0.15, 0.2) is 85.0 Å². The van der Waals surface area contributed by atoms with Gasteiger partial charge in [-0.05, 0) is 92.1 Å². The van der Waals surface area contributed by atoms with Crippen molar-refractivity contribution in [1.29, 1.82) is 0 Å². The maximum atomic E-state index is 13.9. The first-order valence-corrected chi connectivity index (χ1v) is 14.1. The average molecular weight is 622 g/mol. The van der Waals surface area contributed by atoms with Crippen LogP contribution in [0.25, 0.3) is 11.8 Å². The number of rotatable bonds is 3. The van der Waals surface area contributed by atoms with E-state index in [9.17, 15) is 4.79 Å². The van der Waals surface area contributed by atoms with Gasteiger partial charge < -0.3 is 4.74 Å². The van der Waals surface area contributed by atoms with Crippen LogP contribution in [0.5, 0.6) is 5.75 Å². The van der Waals surface area contributed by atoms with Gasteiger partial charge in [0.15, 0.2) is 4.80 Å².